The molecule has 6 nitrogen and oxygen atoms in total. The lowest BCUT2D eigenvalue weighted by Crippen LogP contribution is -2.36. The van der Waals surface area contributed by atoms with Crippen LogP contribution in [0.4, 0.5) is 10.1 Å². The van der Waals surface area contributed by atoms with E-state index < -0.39 is 21.8 Å². The topological polar surface area (TPSA) is 84.5 Å². The Hall–Kier alpha value is -1.67. The Bertz CT molecular complexity index is 577. The van der Waals surface area contributed by atoms with Crippen LogP contribution in [0, 0.1) is 11.7 Å². The van der Waals surface area contributed by atoms with Crippen LogP contribution in [0.3, 0.4) is 0 Å². The maximum absolute atomic E-state index is 13.0. The first-order chi connectivity index (χ1) is 9.84. The SMILES string of the molecule is COCCNC(=O)C(C)CS(=O)(=O)Nc1cccc(F)c1. The Balaban J connectivity index is 2.57. The van der Waals surface area contributed by atoms with E-state index in [2.05, 4.69) is 10.0 Å². The first kappa shape index (κ1) is 17.4. The highest BCUT2D eigenvalue weighted by Gasteiger charge is 2.21. The van der Waals surface area contributed by atoms with Crippen molar-refractivity contribution in [2.24, 2.45) is 5.92 Å². The number of ether oxygens (including phenoxy) is 1. The van der Waals surface area contributed by atoms with E-state index in [1.54, 1.807) is 0 Å². The number of carbonyl (C=O) groups is 1. The van der Waals surface area contributed by atoms with Crippen molar-refractivity contribution in [2.45, 2.75) is 6.92 Å². The second-order valence-corrected chi connectivity index (χ2v) is 6.35. The van der Waals surface area contributed by atoms with E-state index >= 15 is 0 Å². The molecule has 0 aliphatic carbocycles. The predicted molar refractivity (Wildman–Crippen MR) is 77.9 cm³/mol. The quantitative estimate of drug-likeness (QED) is 0.699. The minimum absolute atomic E-state index is 0.127. The fourth-order valence-electron chi connectivity index (χ4n) is 1.63. The van der Waals surface area contributed by atoms with Gasteiger partial charge in [-0.1, -0.05) is 13.0 Å². The van der Waals surface area contributed by atoms with Crippen LogP contribution in [0.2, 0.25) is 0 Å². The largest absolute Gasteiger partial charge is 0.383 e. The highest BCUT2D eigenvalue weighted by Crippen LogP contribution is 2.12. The lowest BCUT2D eigenvalue weighted by molar-refractivity contribution is -0.124. The van der Waals surface area contributed by atoms with Gasteiger partial charge in [-0.25, -0.2) is 12.8 Å². The molecule has 1 aromatic rings. The number of rotatable bonds is 8. The summed E-state index contributed by atoms with van der Waals surface area (Å²) in [6.45, 7) is 2.18. The molecule has 0 saturated carbocycles. The highest BCUT2D eigenvalue weighted by atomic mass is 32.2. The lowest BCUT2D eigenvalue weighted by Gasteiger charge is -2.13. The Kier molecular flexibility index (Phi) is 6.57. The average molecular weight is 318 g/mol. The van der Waals surface area contributed by atoms with E-state index in [-0.39, 0.29) is 17.3 Å². The number of sulfonamides is 1. The molecule has 8 heteroatoms. The highest BCUT2D eigenvalue weighted by molar-refractivity contribution is 7.92. The van der Waals surface area contributed by atoms with Crippen LogP contribution in [0.5, 0.6) is 0 Å². The van der Waals surface area contributed by atoms with Gasteiger partial charge in [-0.05, 0) is 18.2 Å². The molecule has 118 valence electrons. The van der Waals surface area contributed by atoms with Crippen LogP contribution in [0.25, 0.3) is 0 Å². The summed E-state index contributed by atoms with van der Waals surface area (Å²) in [4.78, 5) is 11.7. The molecule has 0 radical (unpaired) electrons. The van der Waals surface area contributed by atoms with Crippen LogP contribution >= 0.6 is 0 Å². The number of nitrogens with one attached hydrogen (secondary N) is 2. The summed E-state index contributed by atoms with van der Waals surface area (Å²) in [7, 11) is -2.23. The fraction of sp³-hybridized carbons (Fsp3) is 0.462. The molecule has 1 aromatic carbocycles. The van der Waals surface area contributed by atoms with Gasteiger partial charge in [0.15, 0.2) is 0 Å². The molecule has 1 amide bonds. The van der Waals surface area contributed by atoms with Gasteiger partial charge in [-0.3, -0.25) is 9.52 Å². The lowest BCUT2D eigenvalue weighted by atomic mass is 10.2. The third kappa shape index (κ3) is 6.54. The normalized spacial score (nSPS) is 12.7. The Morgan fingerprint density at radius 1 is 1.43 bits per heavy atom. The molecular formula is C13H19FN2O4S. The minimum atomic E-state index is -3.73. The Labute approximate surface area is 123 Å². The van der Waals surface area contributed by atoms with Crippen molar-refractivity contribution in [2.75, 3.05) is 30.7 Å². The van der Waals surface area contributed by atoms with Crippen molar-refractivity contribution in [3.8, 4) is 0 Å². The summed E-state index contributed by atoms with van der Waals surface area (Å²) in [5.74, 6) is -2.03. The predicted octanol–water partition coefficient (Wildman–Crippen LogP) is 0.966. The number of halogens is 1. The molecule has 1 unspecified atom stereocenters. The van der Waals surface area contributed by atoms with Crippen LogP contribution in [-0.4, -0.2) is 40.3 Å². The van der Waals surface area contributed by atoms with E-state index in [4.69, 9.17) is 4.74 Å². The third-order valence-corrected chi connectivity index (χ3v) is 4.11. The van der Waals surface area contributed by atoms with Crippen LogP contribution < -0.4 is 10.0 Å². The van der Waals surface area contributed by atoms with Crippen molar-refractivity contribution in [1.29, 1.82) is 0 Å². The fourth-order valence-corrected chi connectivity index (χ4v) is 3.01. The Morgan fingerprint density at radius 2 is 2.14 bits per heavy atom. The number of methoxy groups -OCH3 is 1. The van der Waals surface area contributed by atoms with Gasteiger partial charge in [0.1, 0.15) is 5.82 Å². The standard InChI is InChI=1S/C13H19FN2O4S/c1-10(13(17)15-6-7-20-2)9-21(18,19)16-12-5-3-4-11(14)8-12/h3-5,8,10,16H,6-7,9H2,1-2H3,(H,15,17). The summed E-state index contributed by atoms with van der Waals surface area (Å²) < 4.78 is 43.9. The summed E-state index contributed by atoms with van der Waals surface area (Å²) in [6, 6.07) is 5.11. The second kappa shape index (κ2) is 7.94. The first-order valence-electron chi connectivity index (χ1n) is 6.37. The van der Waals surface area contributed by atoms with Gasteiger partial charge >= 0.3 is 0 Å². The van der Waals surface area contributed by atoms with E-state index in [0.29, 0.717) is 13.2 Å². The van der Waals surface area contributed by atoms with Gasteiger partial charge in [0.25, 0.3) is 0 Å². The van der Waals surface area contributed by atoms with E-state index in [1.165, 1.54) is 32.2 Å². The zero-order valence-electron chi connectivity index (χ0n) is 11.9. The summed E-state index contributed by atoms with van der Waals surface area (Å²) in [5, 5.41) is 2.56. The maximum Gasteiger partial charge on any atom is 0.233 e. The number of anilines is 1. The zero-order chi connectivity index (χ0) is 15.9. The molecule has 0 aliphatic heterocycles. The van der Waals surface area contributed by atoms with Crippen molar-refractivity contribution >= 4 is 21.6 Å². The molecule has 0 spiro atoms. The van der Waals surface area contributed by atoms with Gasteiger partial charge in [0, 0.05) is 13.7 Å². The summed E-state index contributed by atoms with van der Waals surface area (Å²) in [6.07, 6.45) is 0. The molecule has 0 fully saturated rings. The molecule has 0 heterocycles. The number of benzene rings is 1. The monoisotopic (exact) mass is 318 g/mol. The van der Waals surface area contributed by atoms with Crippen molar-refractivity contribution in [1.82, 2.24) is 5.32 Å². The molecule has 1 atom stereocenters. The van der Waals surface area contributed by atoms with E-state index in [0.717, 1.165) is 6.07 Å². The van der Waals surface area contributed by atoms with E-state index in [9.17, 15) is 17.6 Å². The number of hydrogen-bond donors (Lipinski definition) is 2. The summed E-state index contributed by atoms with van der Waals surface area (Å²) in [5.41, 5.74) is 0.127. The van der Waals surface area contributed by atoms with Crippen molar-refractivity contribution in [3.05, 3.63) is 30.1 Å². The molecule has 1 rings (SSSR count). The first-order valence-corrected chi connectivity index (χ1v) is 8.02. The number of amides is 1. The van der Waals surface area contributed by atoms with Gasteiger partial charge < -0.3 is 10.1 Å². The third-order valence-electron chi connectivity index (χ3n) is 2.62. The van der Waals surface area contributed by atoms with Crippen LogP contribution in [0.1, 0.15) is 6.92 Å². The average Bonchev–Trinajstić information content (AvgIpc) is 2.37. The molecule has 0 saturated heterocycles. The smallest absolute Gasteiger partial charge is 0.233 e. The van der Waals surface area contributed by atoms with Gasteiger partial charge in [0.05, 0.1) is 24.0 Å². The van der Waals surface area contributed by atoms with Crippen LogP contribution in [0.15, 0.2) is 24.3 Å². The summed E-state index contributed by atoms with van der Waals surface area (Å²) >= 11 is 0. The number of hydrogen-bond acceptors (Lipinski definition) is 4. The molecule has 2 N–H and O–H groups in total. The van der Waals surface area contributed by atoms with Crippen molar-refractivity contribution < 1.29 is 22.3 Å². The zero-order valence-corrected chi connectivity index (χ0v) is 12.7. The minimum Gasteiger partial charge on any atom is -0.383 e. The van der Waals surface area contributed by atoms with E-state index in [1.807, 2.05) is 0 Å². The van der Waals surface area contributed by atoms with Gasteiger partial charge in [-0.2, -0.15) is 0 Å². The molecular weight excluding hydrogens is 299 g/mol. The molecule has 0 aliphatic rings. The van der Waals surface area contributed by atoms with Crippen molar-refractivity contribution in [3.63, 3.8) is 0 Å². The molecule has 0 bridgehead atoms. The number of carbonyl (C=O) groups excluding carboxylic acids is 1. The molecule has 0 aromatic heterocycles. The van der Waals surface area contributed by atoms with Gasteiger partial charge in [-0.15, -0.1) is 0 Å². The van der Waals surface area contributed by atoms with Gasteiger partial charge in [0.2, 0.25) is 15.9 Å². The second-order valence-electron chi connectivity index (χ2n) is 4.58. The Morgan fingerprint density at radius 3 is 2.76 bits per heavy atom. The molecule has 21 heavy (non-hydrogen) atoms. The van der Waals surface area contributed by atoms with Crippen LogP contribution in [-0.2, 0) is 19.6 Å². The maximum atomic E-state index is 13.0.